The number of nitrogens with zero attached hydrogens (tertiary/aromatic N) is 1. The zero-order valence-corrected chi connectivity index (χ0v) is 14.2. The van der Waals surface area contributed by atoms with Gasteiger partial charge in [-0.2, -0.15) is 0 Å². The smallest absolute Gasteiger partial charge is 0.236 e. The monoisotopic (exact) mass is 285 g/mol. The van der Waals surface area contributed by atoms with Crippen molar-refractivity contribution in [2.75, 3.05) is 26.2 Å². The van der Waals surface area contributed by atoms with E-state index in [1.54, 1.807) is 0 Å². The topological polar surface area (TPSA) is 44.4 Å². The van der Waals surface area contributed by atoms with Crippen molar-refractivity contribution in [2.24, 2.45) is 0 Å². The molecule has 0 aliphatic heterocycles. The van der Waals surface area contributed by atoms with Gasteiger partial charge in [-0.15, -0.1) is 0 Å². The third kappa shape index (κ3) is 9.32. The van der Waals surface area contributed by atoms with Gasteiger partial charge in [0, 0.05) is 12.6 Å². The second kappa shape index (κ2) is 12.2. The first-order valence-corrected chi connectivity index (χ1v) is 8.31. The van der Waals surface area contributed by atoms with Crippen LogP contribution in [0, 0.1) is 0 Å². The predicted molar refractivity (Wildman–Crippen MR) is 87.0 cm³/mol. The molecule has 0 aliphatic rings. The molecule has 2 atom stereocenters. The third-order valence-corrected chi connectivity index (χ3v) is 3.76. The summed E-state index contributed by atoms with van der Waals surface area (Å²) in [6, 6.07) is 0.285. The lowest BCUT2D eigenvalue weighted by Crippen LogP contribution is -2.46. The van der Waals surface area contributed by atoms with E-state index in [2.05, 4.69) is 43.2 Å². The number of hydrogen-bond donors (Lipinski definition) is 2. The van der Waals surface area contributed by atoms with Gasteiger partial charge in [0.15, 0.2) is 0 Å². The minimum Gasteiger partial charge on any atom is -0.355 e. The Bertz CT molecular complexity index is 242. The van der Waals surface area contributed by atoms with Crippen molar-refractivity contribution in [3.8, 4) is 0 Å². The van der Waals surface area contributed by atoms with E-state index >= 15 is 0 Å². The molecule has 0 aromatic heterocycles. The Hall–Kier alpha value is -0.610. The van der Waals surface area contributed by atoms with Crippen LogP contribution in [0.15, 0.2) is 0 Å². The summed E-state index contributed by atoms with van der Waals surface area (Å²) in [5.41, 5.74) is 0. The van der Waals surface area contributed by atoms with Crippen molar-refractivity contribution in [3.05, 3.63) is 0 Å². The number of carbonyl (C=O) groups excluding carboxylic acids is 1. The highest BCUT2D eigenvalue weighted by Crippen LogP contribution is 2.01. The number of amides is 1. The Kier molecular flexibility index (Phi) is 11.8. The van der Waals surface area contributed by atoms with Crippen LogP contribution in [0.4, 0.5) is 0 Å². The molecule has 2 N–H and O–H groups in total. The Morgan fingerprint density at radius 2 is 1.75 bits per heavy atom. The second-order valence-corrected chi connectivity index (χ2v) is 5.60. The highest BCUT2D eigenvalue weighted by molar-refractivity contribution is 5.81. The van der Waals surface area contributed by atoms with E-state index < -0.39 is 0 Å². The summed E-state index contributed by atoms with van der Waals surface area (Å²) >= 11 is 0. The van der Waals surface area contributed by atoms with Crippen LogP contribution in [-0.2, 0) is 4.79 Å². The molecule has 0 spiro atoms. The summed E-state index contributed by atoms with van der Waals surface area (Å²) in [4.78, 5) is 14.3. The van der Waals surface area contributed by atoms with E-state index in [1.807, 2.05) is 6.92 Å². The third-order valence-electron chi connectivity index (χ3n) is 3.76. The number of carbonyl (C=O) groups is 1. The van der Waals surface area contributed by atoms with Gasteiger partial charge in [-0.25, -0.2) is 0 Å². The van der Waals surface area contributed by atoms with Gasteiger partial charge in [-0.05, 0) is 52.7 Å². The molecule has 0 saturated heterocycles. The minimum absolute atomic E-state index is 0.102. The van der Waals surface area contributed by atoms with Gasteiger partial charge < -0.3 is 15.5 Å². The first kappa shape index (κ1) is 19.4. The Balaban J connectivity index is 3.78. The van der Waals surface area contributed by atoms with E-state index in [4.69, 9.17) is 0 Å². The molecule has 0 heterocycles. The van der Waals surface area contributed by atoms with Crippen molar-refractivity contribution in [1.29, 1.82) is 0 Å². The summed E-state index contributed by atoms with van der Waals surface area (Å²) in [7, 11) is 0. The fourth-order valence-electron chi connectivity index (χ4n) is 2.29. The SMILES string of the molecule is CCCCNC(=O)C(C)NC(C)CCCN(CC)CC. The number of unbranched alkanes of at least 4 members (excludes halogenated alkanes) is 1. The molecule has 20 heavy (non-hydrogen) atoms. The van der Waals surface area contributed by atoms with Gasteiger partial charge in [0.1, 0.15) is 0 Å². The minimum atomic E-state index is -0.102. The van der Waals surface area contributed by atoms with E-state index in [1.165, 1.54) is 6.42 Å². The summed E-state index contributed by atoms with van der Waals surface area (Å²) in [5, 5.41) is 6.36. The molecule has 4 heteroatoms. The van der Waals surface area contributed by atoms with Crippen LogP contribution in [-0.4, -0.2) is 49.1 Å². The van der Waals surface area contributed by atoms with Crippen LogP contribution in [0.2, 0.25) is 0 Å². The van der Waals surface area contributed by atoms with Crippen LogP contribution >= 0.6 is 0 Å². The zero-order valence-electron chi connectivity index (χ0n) is 14.2. The van der Waals surface area contributed by atoms with Crippen molar-refractivity contribution < 1.29 is 4.79 Å². The summed E-state index contributed by atoms with van der Waals surface area (Å²) in [6.07, 6.45) is 4.46. The normalized spacial score (nSPS) is 14.3. The molecule has 0 aromatic carbocycles. The number of hydrogen-bond acceptors (Lipinski definition) is 3. The van der Waals surface area contributed by atoms with Crippen LogP contribution in [0.1, 0.15) is 60.3 Å². The van der Waals surface area contributed by atoms with Crippen molar-refractivity contribution in [3.63, 3.8) is 0 Å². The molecule has 1 amide bonds. The summed E-state index contributed by atoms with van der Waals surface area (Å²) in [5.74, 6) is 0.119. The van der Waals surface area contributed by atoms with Gasteiger partial charge >= 0.3 is 0 Å². The lowest BCUT2D eigenvalue weighted by molar-refractivity contribution is -0.122. The van der Waals surface area contributed by atoms with Gasteiger partial charge in [0.25, 0.3) is 0 Å². The van der Waals surface area contributed by atoms with Crippen molar-refractivity contribution in [1.82, 2.24) is 15.5 Å². The van der Waals surface area contributed by atoms with Crippen LogP contribution in [0.3, 0.4) is 0 Å². The predicted octanol–water partition coefficient (Wildman–Crippen LogP) is 2.39. The van der Waals surface area contributed by atoms with E-state index in [9.17, 15) is 4.79 Å². The standard InChI is InChI=1S/C16H35N3O/c1-6-9-12-17-16(20)15(5)18-14(4)11-10-13-19(7-2)8-3/h14-15,18H,6-13H2,1-5H3,(H,17,20). The first-order valence-electron chi connectivity index (χ1n) is 8.31. The molecule has 120 valence electrons. The molecule has 0 aromatic rings. The first-order chi connectivity index (χ1) is 9.54. The van der Waals surface area contributed by atoms with Gasteiger partial charge in [-0.3, -0.25) is 4.79 Å². The molecule has 0 bridgehead atoms. The maximum absolute atomic E-state index is 11.8. The second-order valence-electron chi connectivity index (χ2n) is 5.60. The Labute approximate surface area is 125 Å². The van der Waals surface area contributed by atoms with E-state index in [-0.39, 0.29) is 11.9 Å². The molecule has 0 rings (SSSR count). The Morgan fingerprint density at radius 3 is 2.30 bits per heavy atom. The summed E-state index contributed by atoms with van der Waals surface area (Å²) in [6.45, 7) is 14.8. The number of nitrogens with one attached hydrogen (secondary N) is 2. The molecule has 0 fully saturated rings. The molecule has 4 nitrogen and oxygen atoms in total. The fourth-order valence-corrected chi connectivity index (χ4v) is 2.29. The largest absolute Gasteiger partial charge is 0.355 e. The Morgan fingerprint density at radius 1 is 1.10 bits per heavy atom. The van der Waals surface area contributed by atoms with E-state index in [0.29, 0.717) is 6.04 Å². The maximum Gasteiger partial charge on any atom is 0.236 e. The van der Waals surface area contributed by atoms with Gasteiger partial charge in [-0.1, -0.05) is 27.2 Å². The molecular weight excluding hydrogens is 250 g/mol. The molecule has 0 aliphatic carbocycles. The number of rotatable bonds is 12. The highest BCUT2D eigenvalue weighted by Gasteiger charge is 2.14. The average Bonchev–Trinajstić information content (AvgIpc) is 2.43. The average molecular weight is 285 g/mol. The van der Waals surface area contributed by atoms with Crippen LogP contribution in [0.5, 0.6) is 0 Å². The highest BCUT2D eigenvalue weighted by atomic mass is 16.2. The lowest BCUT2D eigenvalue weighted by Gasteiger charge is -2.22. The van der Waals surface area contributed by atoms with Gasteiger partial charge in [0.2, 0.25) is 5.91 Å². The van der Waals surface area contributed by atoms with Crippen LogP contribution in [0.25, 0.3) is 0 Å². The molecule has 0 radical (unpaired) electrons. The zero-order chi connectivity index (χ0) is 15.4. The van der Waals surface area contributed by atoms with Gasteiger partial charge in [0.05, 0.1) is 6.04 Å². The van der Waals surface area contributed by atoms with Crippen molar-refractivity contribution in [2.45, 2.75) is 72.4 Å². The lowest BCUT2D eigenvalue weighted by atomic mass is 10.1. The molecule has 2 unspecified atom stereocenters. The van der Waals surface area contributed by atoms with Crippen molar-refractivity contribution >= 4 is 5.91 Å². The molecular formula is C16H35N3O. The molecule has 0 saturated carbocycles. The fraction of sp³-hybridized carbons (Fsp3) is 0.938. The van der Waals surface area contributed by atoms with Crippen LogP contribution < -0.4 is 10.6 Å². The summed E-state index contributed by atoms with van der Waals surface area (Å²) < 4.78 is 0. The van der Waals surface area contributed by atoms with E-state index in [0.717, 1.165) is 45.4 Å². The maximum atomic E-state index is 11.8. The quantitative estimate of drug-likeness (QED) is 0.541.